The molecule has 0 unspecified atom stereocenters. The number of hydrogen-bond donors (Lipinski definition) is 0. The van der Waals surface area contributed by atoms with Crippen molar-refractivity contribution < 1.29 is 14.3 Å². The molecule has 2 fully saturated rings. The third kappa shape index (κ3) is 5.57. The number of fused-ring (bicyclic) bond motifs is 1. The molecule has 1 aromatic carbocycles. The van der Waals surface area contributed by atoms with Crippen LogP contribution in [-0.4, -0.2) is 67.7 Å². The minimum absolute atomic E-state index is 0. The van der Waals surface area contributed by atoms with Crippen LogP contribution in [0.5, 0.6) is 0 Å². The molecule has 0 spiro atoms. The lowest BCUT2D eigenvalue weighted by atomic mass is 9.83. The Morgan fingerprint density at radius 3 is 2.44 bits per heavy atom. The van der Waals surface area contributed by atoms with Gasteiger partial charge in [-0.05, 0) is 80.7 Å². The van der Waals surface area contributed by atoms with Crippen molar-refractivity contribution in [3.05, 3.63) is 29.3 Å². The number of anilines is 1. The summed E-state index contributed by atoms with van der Waals surface area (Å²) in [7, 11) is 1.45. The molecule has 4 rings (SSSR count). The molecule has 0 N–H and O–H groups in total. The number of halogens is 1. The molecule has 0 bridgehead atoms. The van der Waals surface area contributed by atoms with Gasteiger partial charge in [0.2, 0.25) is 0 Å². The Morgan fingerprint density at radius 1 is 1.03 bits per heavy atom. The molecule has 2 amide bonds. The highest BCUT2D eigenvalue weighted by Crippen LogP contribution is 2.33. The molecule has 1 aromatic rings. The van der Waals surface area contributed by atoms with E-state index < -0.39 is 0 Å². The van der Waals surface area contributed by atoms with Gasteiger partial charge in [-0.1, -0.05) is 13.0 Å². The molecule has 6 nitrogen and oxygen atoms in total. The van der Waals surface area contributed by atoms with E-state index in [1.54, 1.807) is 0 Å². The summed E-state index contributed by atoms with van der Waals surface area (Å²) in [6, 6.07) is 7.16. The summed E-state index contributed by atoms with van der Waals surface area (Å²) in [5.41, 5.74) is 3.90. The van der Waals surface area contributed by atoms with Gasteiger partial charge in [0, 0.05) is 44.3 Å². The second-order valence-corrected chi connectivity index (χ2v) is 9.30. The van der Waals surface area contributed by atoms with Crippen molar-refractivity contribution in [2.24, 2.45) is 5.92 Å². The quantitative estimate of drug-likeness (QED) is 0.591. The van der Waals surface area contributed by atoms with Crippen LogP contribution in [0, 0.1) is 5.92 Å². The monoisotopic (exact) mass is 463 g/mol. The van der Waals surface area contributed by atoms with Crippen LogP contribution in [0.15, 0.2) is 18.2 Å². The SMILES string of the molecule is CCN1CCc2ccc(N3CCN(C4CCC(CCC(=O)OC)CC4)C3=O)cc2CC1.Cl. The Hall–Kier alpha value is -1.79. The topological polar surface area (TPSA) is 53.1 Å². The van der Waals surface area contributed by atoms with Gasteiger partial charge < -0.3 is 14.5 Å². The first-order chi connectivity index (χ1) is 15.1. The summed E-state index contributed by atoms with van der Waals surface area (Å²) < 4.78 is 4.76. The Labute approximate surface area is 198 Å². The van der Waals surface area contributed by atoms with Crippen LogP contribution in [0.2, 0.25) is 0 Å². The van der Waals surface area contributed by atoms with E-state index in [2.05, 4.69) is 34.9 Å². The molecule has 2 heterocycles. The molecule has 0 atom stereocenters. The predicted octanol–water partition coefficient (Wildman–Crippen LogP) is 4.28. The van der Waals surface area contributed by atoms with E-state index >= 15 is 0 Å². The molecule has 0 radical (unpaired) electrons. The lowest BCUT2D eigenvalue weighted by Crippen LogP contribution is -2.41. The number of likely N-dealkylation sites (N-methyl/N-ethyl adjacent to an activating group) is 1. The fourth-order valence-corrected chi connectivity index (χ4v) is 5.54. The minimum Gasteiger partial charge on any atom is -0.469 e. The molecular formula is C25H38ClN3O3. The van der Waals surface area contributed by atoms with Gasteiger partial charge in [-0.15, -0.1) is 12.4 Å². The van der Waals surface area contributed by atoms with Crippen molar-refractivity contribution in [3.8, 4) is 0 Å². The maximum atomic E-state index is 13.3. The van der Waals surface area contributed by atoms with E-state index in [0.717, 1.165) is 83.4 Å². The molecule has 32 heavy (non-hydrogen) atoms. The number of ether oxygens (including phenoxy) is 1. The van der Waals surface area contributed by atoms with Crippen LogP contribution >= 0.6 is 12.4 Å². The first-order valence-corrected chi connectivity index (χ1v) is 12.1. The van der Waals surface area contributed by atoms with Crippen molar-refractivity contribution in [1.82, 2.24) is 9.80 Å². The van der Waals surface area contributed by atoms with Crippen molar-refractivity contribution in [3.63, 3.8) is 0 Å². The van der Waals surface area contributed by atoms with Gasteiger partial charge in [-0.25, -0.2) is 4.79 Å². The molecule has 1 aliphatic carbocycles. The summed E-state index contributed by atoms with van der Waals surface area (Å²) in [5.74, 6) is 0.465. The fraction of sp³-hybridized carbons (Fsp3) is 0.680. The Kier molecular flexibility index (Phi) is 8.83. The second kappa shape index (κ2) is 11.4. The number of hydrogen-bond acceptors (Lipinski definition) is 4. The van der Waals surface area contributed by atoms with Gasteiger partial charge in [0.25, 0.3) is 0 Å². The second-order valence-electron chi connectivity index (χ2n) is 9.30. The van der Waals surface area contributed by atoms with Crippen LogP contribution in [-0.2, 0) is 22.4 Å². The van der Waals surface area contributed by atoms with Crippen LogP contribution in [0.25, 0.3) is 0 Å². The van der Waals surface area contributed by atoms with Gasteiger partial charge in [-0.3, -0.25) is 9.69 Å². The first-order valence-electron chi connectivity index (χ1n) is 12.1. The van der Waals surface area contributed by atoms with Crippen molar-refractivity contribution in [1.29, 1.82) is 0 Å². The standard InChI is InChI=1S/C25H37N3O3.ClH/c1-3-26-14-12-20-7-10-23(18-21(20)13-15-26)28-17-16-27(25(28)30)22-8-4-19(5-9-22)6-11-24(29)31-2;/h7,10,18-19,22H,3-6,8-9,11-17H2,1-2H3;1H. The highest BCUT2D eigenvalue weighted by Gasteiger charge is 2.36. The number of urea groups is 1. The molecule has 0 aromatic heterocycles. The van der Waals surface area contributed by atoms with E-state index in [-0.39, 0.29) is 24.4 Å². The zero-order valence-electron chi connectivity index (χ0n) is 19.6. The molecule has 3 aliphatic rings. The third-order valence-corrected chi connectivity index (χ3v) is 7.63. The van der Waals surface area contributed by atoms with Gasteiger partial charge in [-0.2, -0.15) is 0 Å². The smallest absolute Gasteiger partial charge is 0.324 e. The van der Waals surface area contributed by atoms with Crippen molar-refractivity contribution >= 4 is 30.1 Å². The van der Waals surface area contributed by atoms with Gasteiger partial charge in [0.1, 0.15) is 0 Å². The summed E-state index contributed by atoms with van der Waals surface area (Å²) in [6.45, 7) is 7.16. The zero-order chi connectivity index (χ0) is 21.8. The number of benzene rings is 1. The van der Waals surface area contributed by atoms with E-state index in [9.17, 15) is 9.59 Å². The maximum absolute atomic E-state index is 13.3. The lowest BCUT2D eigenvalue weighted by molar-refractivity contribution is -0.141. The number of amides is 2. The molecule has 7 heteroatoms. The average Bonchev–Trinajstić information content (AvgIpc) is 3.06. The van der Waals surface area contributed by atoms with Crippen molar-refractivity contribution in [2.45, 2.75) is 64.3 Å². The van der Waals surface area contributed by atoms with Gasteiger partial charge >= 0.3 is 12.0 Å². The molecule has 2 aliphatic heterocycles. The van der Waals surface area contributed by atoms with Crippen LogP contribution in [0.3, 0.4) is 0 Å². The van der Waals surface area contributed by atoms with Gasteiger partial charge in [0.05, 0.1) is 7.11 Å². The highest BCUT2D eigenvalue weighted by atomic mass is 35.5. The van der Waals surface area contributed by atoms with E-state index in [1.807, 2.05) is 4.90 Å². The van der Waals surface area contributed by atoms with Gasteiger partial charge in [0.15, 0.2) is 0 Å². The molecule has 1 saturated heterocycles. The first kappa shape index (κ1) is 24.8. The van der Waals surface area contributed by atoms with E-state index in [1.165, 1.54) is 18.2 Å². The number of methoxy groups -OCH3 is 1. The summed E-state index contributed by atoms with van der Waals surface area (Å²) in [6.07, 6.45) is 7.86. The zero-order valence-corrected chi connectivity index (χ0v) is 20.4. The van der Waals surface area contributed by atoms with Crippen LogP contribution in [0.1, 0.15) is 56.6 Å². The Bertz CT molecular complexity index is 795. The van der Waals surface area contributed by atoms with E-state index in [0.29, 0.717) is 18.4 Å². The van der Waals surface area contributed by atoms with Crippen molar-refractivity contribution in [2.75, 3.05) is 44.7 Å². The minimum atomic E-state index is -0.115. The number of esters is 1. The molecule has 178 valence electrons. The largest absolute Gasteiger partial charge is 0.469 e. The highest BCUT2D eigenvalue weighted by molar-refractivity contribution is 5.94. The van der Waals surface area contributed by atoms with Crippen LogP contribution in [0.4, 0.5) is 10.5 Å². The summed E-state index contributed by atoms with van der Waals surface area (Å²) >= 11 is 0. The average molecular weight is 464 g/mol. The summed E-state index contributed by atoms with van der Waals surface area (Å²) in [4.78, 5) is 31.2. The maximum Gasteiger partial charge on any atom is 0.324 e. The molecule has 1 saturated carbocycles. The summed E-state index contributed by atoms with van der Waals surface area (Å²) in [5, 5.41) is 0. The number of carbonyl (C=O) groups is 2. The fourth-order valence-electron chi connectivity index (χ4n) is 5.54. The predicted molar refractivity (Wildman–Crippen MR) is 130 cm³/mol. The Morgan fingerprint density at radius 2 is 1.75 bits per heavy atom. The number of rotatable bonds is 6. The molecular weight excluding hydrogens is 426 g/mol. The Balaban J connectivity index is 0.00000289. The number of carbonyl (C=O) groups excluding carboxylic acids is 2. The van der Waals surface area contributed by atoms with Crippen LogP contribution < -0.4 is 4.90 Å². The third-order valence-electron chi connectivity index (χ3n) is 7.63. The normalized spacial score (nSPS) is 24.0. The number of nitrogens with zero attached hydrogens (tertiary/aromatic N) is 3. The van der Waals surface area contributed by atoms with E-state index in [4.69, 9.17) is 4.74 Å². The lowest BCUT2D eigenvalue weighted by Gasteiger charge is -2.34.